The summed E-state index contributed by atoms with van der Waals surface area (Å²) in [6.45, 7) is 4.47. The van der Waals surface area contributed by atoms with Crippen molar-refractivity contribution < 1.29 is 35.1 Å². The summed E-state index contributed by atoms with van der Waals surface area (Å²) in [7, 11) is 0. The van der Waals surface area contributed by atoms with Gasteiger partial charge in [-0.05, 0) is 0 Å². The van der Waals surface area contributed by atoms with E-state index in [0.717, 1.165) is 0 Å². The number of halogens is 1. The third-order valence-corrected chi connectivity index (χ3v) is 8.58. The monoisotopic (exact) mass is 298 g/mol. The van der Waals surface area contributed by atoms with Gasteiger partial charge in [0, 0.05) is 0 Å². The van der Waals surface area contributed by atoms with Gasteiger partial charge in [0.1, 0.15) is 0 Å². The molecule has 0 saturated heterocycles. The van der Waals surface area contributed by atoms with Gasteiger partial charge in [-0.3, -0.25) is 0 Å². The Morgan fingerprint density at radius 3 is 2.53 bits per heavy atom. The van der Waals surface area contributed by atoms with Gasteiger partial charge >= 0.3 is 94.2 Å². The van der Waals surface area contributed by atoms with Gasteiger partial charge in [0.2, 0.25) is 0 Å². The smallest absolute Gasteiger partial charge is 1.00 e. The van der Waals surface area contributed by atoms with Gasteiger partial charge in [0.15, 0.2) is 0 Å². The van der Waals surface area contributed by atoms with Gasteiger partial charge in [-0.25, -0.2) is 0 Å². The molecule has 2 aliphatic carbocycles. The Bertz CT molecular complexity index is 414. The van der Waals surface area contributed by atoms with Crippen molar-refractivity contribution >= 4 is 4.21 Å². The van der Waals surface area contributed by atoms with Crippen molar-refractivity contribution in [2.75, 3.05) is 0 Å². The van der Waals surface area contributed by atoms with Crippen LogP contribution in [0.5, 0.6) is 0 Å². The van der Waals surface area contributed by atoms with E-state index in [1.54, 1.807) is 12.1 Å². The maximum Gasteiger partial charge on any atom is -1.00 e. The first-order valence-electron chi connectivity index (χ1n) is 5.11. The van der Waals surface area contributed by atoms with E-state index >= 15 is 0 Å². The first-order chi connectivity index (χ1) is 6.68. The Balaban J connectivity index is 0.00000112. The molecule has 0 aromatic rings. The maximum absolute atomic E-state index is 4.46. The fourth-order valence-electron chi connectivity index (χ4n) is 1.93. The van der Waals surface area contributed by atoms with Crippen LogP contribution in [0.1, 0.15) is 28.1 Å². The van der Waals surface area contributed by atoms with Crippen LogP contribution < -0.4 is 12.4 Å². The zero-order valence-electron chi connectivity index (χ0n) is 10.3. The molecule has 0 aromatic carbocycles. The summed E-state index contributed by atoms with van der Waals surface area (Å²) in [6, 6.07) is 0. The van der Waals surface area contributed by atoms with Gasteiger partial charge in [-0.1, -0.05) is 0 Å². The molecule has 0 nitrogen and oxygen atoms in total. The van der Waals surface area contributed by atoms with E-state index in [-0.39, 0.29) is 13.8 Å². The average molecular weight is 300 g/mol. The van der Waals surface area contributed by atoms with Crippen molar-refractivity contribution in [2.45, 2.75) is 26.7 Å². The van der Waals surface area contributed by atoms with Crippen LogP contribution in [-0.4, -0.2) is 4.21 Å². The first-order valence-corrected chi connectivity index (χ1v) is 9.30. The minimum Gasteiger partial charge on any atom is -1.00 e. The topological polar surface area (TPSA) is 0 Å². The molecule has 15 heavy (non-hydrogen) atoms. The Morgan fingerprint density at radius 1 is 1.33 bits per heavy atom. The molecular weight excluding hydrogens is 283 g/mol. The SMILES string of the molecule is [CH2]=[Zr+2]([C]1=CC=CC1)[C]1=CC(C)=C(C)C1.[Cl-].[H-]. The molecule has 2 rings (SSSR count). The Kier molecular flexibility index (Phi) is 4.68. The summed E-state index contributed by atoms with van der Waals surface area (Å²) in [4.78, 5) is 0. The van der Waals surface area contributed by atoms with Crippen LogP contribution in [0.2, 0.25) is 0 Å². The first kappa shape index (κ1) is 13.1. The zero-order chi connectivity index (χ0) is 10.1. The maximum atomic E-state index is 4.46. The molecule has 0 aromatic heterocycles. The van der Waals surface area contributed by atoms with Crippen LogP contribution >= 0.6 is 0 Å². The molecule has 0 spiro atoms. The molecule has 0 saturated carbocycles. The van der Waals surface area contributed by atoms with Crippen LogP contribution in [0.25, 0.3) is 0 Å². The van der Waals surface area contributed by atoms with Gasteiger partial charge in [-0.15, -0.1) is 0 Å². The third-order valence-electron chi connectivity index (χ3n) is 3.07. The van der Waals surface area contributed by atoms with Gasteiger partial charge in [0.25, 0.3) is 0 Å². The molecule has 80 valence electrons. The molecule has 0 aliphatic heterocycles. The van der Waals surface area contributed by atoms with Crippen molar-refractivity contribution in [2.24, 2.45) is 0 Å². The summed E-state index contributed by atoms with van der Waals surface area (Å²) in [5.74, 6) is 0. The molecule has 0 N–H and O–H groups in total. The van der Waals surface area contributed by atoms with E-state index in [1.165, 1.54) is 18.4 Å². The molecule has 0 heterocycles. The molecule has 0 unspecified atom stereocenters. The largest absolute Gasteiger partial charge is 1.00 e. The van der Waals surface area contributed by atoms with E-state index in [0.29, 0.717) is 0 Å². The van der Waals surface area contributed by atoms with Crippen LogP contribution in [0.4, 0.5) is 0 Å². The van der Waals surface area contributed by atoms with Crippen molar-refractivity contribution in [1.82, 2.24) is 0 Å². The van der Waals surface area contributed by atoms with Crippen LogP contribution in [0, 0.1) is 0 Å². The Hall–Kier alpha value is 0.00312. The fourth-order valence-corrected chi connectivity index (χ4v) is 6.71. The van der Waals surface area contributed by atoms with Crippen LogP contribution in [0.3, 0.4) is 0 Å². The number of rotatable bonds is 2. The van der Waals surface area contributed by atoms with Crippen LogP contribution in [-0.2, 0) is 21.3 Å². The van der Waals surface area contributed by atoms with E-state index in [4.69, 9.17) is 0 Å². The summed E-state index contributed by atoms with van der Waals surface area (Å²) in [5.41, 5.74) is 3.03. The van der Waals surface area contributed by atoms with Crippen molar-refractivity contribution in [3.8, 4) is 0 Å². The molecule has 0 fully saturated rings. The second kappa shape index (κ2) is 5.37. The number of hydrogen-bond donors (Lipinski definition) is 0. The molecule has 2 heteroatoms. The number of hydrogen-bond acceptors (Lipinski definition) is 0. The van der Waals surface area contributed by atoms with E-state index in [1.807, 2.05) is 0 Å². The predicted molar refractivity (Wildman–Crippen MR) is 61.1 cm³/mol. The predicted octanol–water partition coefficient (Wildman–Crippen LogP) is 0.621. The van der Waals surface area contributed by atoms with E-state index in [2.05, 4.69) is 42.4 Å². The minimum atomic E-state index is -1.60. The Labute approximate surface area is 108 Å². The second-order valence-corrected chi connectivity index (χ2v) is 9.62. The Morgan fingerprint density at radius 2 is 2.07 bits per heavy atom. The van der Waals surface area contributed by atoms with Gasteiger partial charge in [0.05, 0.1) is 0 Å². The van der Waals surface area contributed by atoms with Crippen molar-refractivity contribution in [3.63, 3.8) is 0 Å². The van der Waals surface area contributed by atoms with Crippen molar-refractivity contribution in [3.05, 3.63) is 42.0 Å². The molecular formula is C13H17ClZr. The molecule has 0 radical (unpaired) electrons. The third kappa shape index (κ3) is 2.77. The summed E-state index contributed by atoms with van der Waals surface area (Å²) in [6.07, 6.45) is 11.5. The zero-order valence-corrected chi connectivity index (χ0v) is 12.5. The summed E-state index contributed by atoms with van der Waals surface area (Å²) < 4.78 is 7.80. The summed E-state index contributed by atoms with van der Waals surface area (Å²) >= 11 is -1.60. The van der Waals surface area contributed by atoms with E-state index in [9.17, 15) is 0 Å². The molecule has 0 atom stereocenters. The molecule has 0 bridgehead atoms. The quantitative estimate of drug-likeness (QED) is 0.701. The minimum absolute atomic E-state index is 0. The number of allylic oxidation sites excluding steroid dienone is 8. The summed E-state index contributed by atoms with van der Waals surface area (Å²) in [5, 5.41) is 0. The fraction of sp³-hybridized carbons (Fsp3) is 0.308. The van der Waals surface area contributed by atoms with Gasteiger partial charge < -0.3 is 13.8 Å². The normalized spacial score (nSPS) is 18.2. The average Bonchev–Trinajstić information content (AvgIpc) is 2.76. The molecule has 0 amide bonds. The van der Waals surface area contributed by atoms with E-state index < -0.39 is 21.3 Å². The van der Waals surface area contributed by atoms with Crippen LogP contribution in [0.15, 0.2) is 42.0 Å². The van der Waals surface area contributed by atoms with Crippen molar-refractivity contribution in [1.29, 1.82) is 0 Å². The molecule has 2 aliphatic rings. The standard InChI is InChI=1S/C7H9.C5H5.CH2.ClH.Zr.H/c1-6-4-3-5-7(6)2;1-2-4-5-3-1;;;;/h4H,5H2,1-2H3;1-3H,4H2;1H2;1H;;/q;;;;+2;-1/p-1. The van der Waals surface area contributed by atoms with Gasteiger partial charge in [-0.2, -0.15) is 0 Å². The second-order valence-electron chi connectivity index (χ2n) is 4.11.